The molecule has 2 N–H and O–H groups in total. The summed E-state index contributed by atoms with van der Waals surface area (Å²) in [5, 5.41) is 1.89. The minimum atomic E-state index is 0.689. The Hall–Kier alpha value is -2.14. The van der Waals surface area contributed by atoms with Crippen LogP contribution in [0.25, 0.3) is 10.9 Å². The fourth-order valence-corrected chi connectivity index (χ4v) is 2.57. The Morgan fingerprint density at radius 2 is 1.94 bits per heavy atom. The Morgan fingerprint density at radius 3 is 2.78 bits per heavy atom. The minimum Gasteiger partial charge on any atom is -0.397 e. The molecular formula is C13H10N4S. The van der Waals surface area contributed by atoms with Crippen LogP contribution in [0.1, 0.15) is 0 Å². The molecule has 0 amide bonds. The van der Waals surface area contributed by atoms with Gasteiger partial charge in [0.25, 0.3) is 0 Å². The first kappa shape index (κ1) is 11.0. The molecule has 0 aliphatic carbocycles. The van der Waals surface area contributed by atoms with Crippen LogP contribution in [0.3, 0.4) is 0 Å². The van der Waals surface area contributed by atoms with E-state index in [0.29, 0.717) is 5.69 Å². The molecule has 4 nitrogen and oxygen atoms in total. The second kappa shape index (κ2) is 4.62. The van der Waals surface area contributed by atoms with Crippen molar-refractivity contribution in [3.05, 3.63) is 49.1 Å². The third-order valence-corrected chi connectivity index (χ3v) is 3.51. The summed E-state index contributed by atoms with van der Waals surface area (Å²) in [7, 11) is 0. The standard InChI is InChI=1S/C13H10N4S/c14-10-3-4-11(9-2-1-5-17-13(9)10)18-12-8-15-6-7-16-12/h1-8H,14H2. The molecule has 0 saturated carbocycles. The van der Waals surface area contributed by atoms with Gasteiger partial charge in [-0.25, -0.2) is 4.98 Å². The monoisotopic (exact) mass is 254 g/mol. The number of anilines is 1. The Kier molecular flexibility index (Phi) is 2.82. The number of rotatable bonds is 2. The van der Waals surface area contributed by atoms with Crippen molar-refractivity contribution in [2.45, 2.75) is 9.92 Å². The molecule has 2 heterocycles. The van der Waals surface area contributed by atoms with E-state index in [-0.39, 0.29) is 0 Å². The summed E-state index contributed by atoms with van der Waals surface area (Å²) in [6.45, 7) is 0. The molecule has 0 radical (unpaired) electrons. The van der Waals surface area contributed by atoms with Crippen molar-refractivity contribution in [1.82, 2.24) is 15.0 Å². The van der Waals surface area contributed by atoms with Gasteiger partial charge in [-0.2, -0.15) is 0 Å². The molecule has 1 aromatic carbocycles. The van der Waals surface area contributed by atoms with E-state index >= 15 is 0 Å². The molecule has 0 atom stereocenters. The number of hydrogen-bond donors (Lipinski definition) is 1. The second-order valence-electron chi connectivity index (χ2n) is 3.70. The van der Waals surface area contributed by atoms with Crippen LogP contribution >= 0.6 is 11.8 Å². The Labute approximate surface area is 108 Å². The molecule has 2 aromatic heterocycles. The number of aromatic nitrogens is 3. The SMILES string of the molecule is Nc1ccc(Sc2cnccn2)c2cccnc12. The number of pyridine rings is 1. The van der Waals surface area contributed by atoms with Gasteiger partial charge in [0.2, 0.25) is 0 Å². The number of nitrogen functional groups attached to an aromatic ring is 1. The van der Waals surface area contributed by atoms with Crippen LogP contribution < -0.4 is 5.73 Å². The lowest BCUT2D eigenvalue weighted by Crippen LogP contribution is -1.90. The lowest BCUT2D eigenvalue weighted by atomic mass is 10.2. The lowest BCUT2D eigenvalue weighted by Gasteiger charge is -2.06. The van der Waals surface area contributed by atoms with Gasteiger partial charge in [-0.3, -0.25) is 9.97 Å². The summed E-state index contributed by atoms with van der Waals surface area (Å²) in [4.78, 5) is 13.7. The van der Waals surface area contributed by atoms with Crippen molar-refractivity contribution in [2.75, 3.05) is 5.73 Å². The molecule has 88 valence electrons. The maximum Gasteiger partial charge on any atom is 0.119 e. The highest BCUT2D eigenvalue weighted by molar-refractivity contribution is 7.99. The number of benzene rings is 1. The van der Waals surface area contributed by atoms with E-state index in [1.54, 1.807) is 36.5 Å². The predicted molar refractivity (Wildman–Crippen MR) is 72.3 cm³/mol. The number of fused-ring (bicyclic) bond motifs is 1. The lowest BCUT2D eigenvalue weighted by molar-refractivity contribution is 1.06. The maximum atomic E-state index is 5.92. The maximum absolute atomic E-state index is 5.92. The molecule has 5 heteroatoms. The van der Waals surface area contributed by atoms with Crippen LogP contribution in [0, 0.1) is 0 Å². The molecule has 3 aromatic rings. The van der Waals surface area contributed by atoms with Crippen molar-refractivity contribution in [2.24, 2.45) is 0 Å². The second-order valence-corrected chi connectivity index (χ2v) is 4.76. The van der Waals surface area contributed by atoms with Crippen molar-refractivity contribution in [3.8, 4) is 0 Å². The molecule has 0 aliphatic heterocycles. The zero-order valence-electron chi connectivity index (χ0n) is 9.45. The Balaban J connectivity index is 2.10. The number of hydrogen-bond acceptors (Lipinski definition) is 5. The van der Waals surface area contributed by atoms with Crippen LogP contribution in [-0.2, 0) is 0 Å². The van der Waals surface area contributed by atoms with Crippen molar-refractivity contribution >= 4 is 28.4 Å². The highest BCUT2D eigenvalue weighted by Crippen LogP contribution is 2.33. The van der Waals surface area contributed by atoms with E-state index in [1.807, 2.05) is 24.3 Å². The average Bonchev–Trinajstić information content (AvgIpc) is 2.44. The minimum absolute atomic E-state index is 0.689. The quantitative estimate of drug-likeness (QED) is 0.712. The van der Waals surface area contributed by atoms with Crippen molar-refractivity contribution < 1.29 is 0 Å². The summed E-state index contributed by atoms with van der Waals surface area (Å²) >= 11 is 1.56. The molecule has 0 fully saturated rings. The molecule has 0 unspecified atom stereocenters. The average molecular weight is 254 g/mol. The summed E-state index contributed by atoms with van der Waals surface area (Å²) < 4.78 is 0. The number of nitrogens with two attached hydrogens (primary N) is 1. The van der Waals surface area contributed by atoms with Gasteiger partial charge in [0.15, 0.2) is 0 Å². The van der Waals surface area contributed by atoms with Crippen LogP contribution in [0.5, 0.6) is 0 Å². The van der Waals surface area contributed by atoms with Crippen LogP contribution in [-0.4, -0.2) is 15.0 Å². The molecule has 0 saturated heterocycles. The zero-order chi connectivity index (χ0) is 12.4. The van der Waals surface area contributed by atoms with Gasteiger partial charge in [-0.15, -0.1) is 0 Å². The summed E-state index contributed by atoms with van der Waals surface area (Å²) in [6, 6.07) is 7.77. The molecule has 3 rings (SSSR count). The third-order valence-electron chi connectivity index (χ3n) is 2.51. The van der Waals surface area contributed by atoms with E-state index in [2.05, 4.69) is 15.0 Å². The topological polar surface area (TPSA) is 64.7 Å². The van der Waals surface area contributed by atoms with Gasteiger partial charge >= 0.3 is 0 Å². The van der Waals surface area contributed by atoms with Gasteiger partial charge in [0, 0.05) is 28.9 Å². The van der Waals surface area contributed by atoms with Crippen LogP contribution in [0.2, 0.25) is 0 Å². The fourth-order valence-electron chi connectivity index (χ4n) is 1.71. The van der Waals surface area contributed by atoms with Crippen molar-refractivity contribution in [3.63, 3.8) is 0 Å². The van der Waals surface area contributed by atoms with Gasteiger partial charge in [0.1, 0.15) is 5.03 Å². The first-order chi connectivity index (χ1) is 8.84. The largest absolute Gasteiger partial charge is 0.397 e. The van der Waals surface area contributed by atoms with Crippen molar-refractivity contribution in [1.29, 1.82) is 0 Å². The van der Waals surface area contributed by atoms with E-state index in [4.69, 9.17) is 5.73 Å². The van der Waals surface area contributed by atoms with E-state index < -0.39 is 0 Å². The third kappa shape index (κ3) is 2.00. The van der Waals surface area contributed by atoms with Gasteiger partial charge in [-0.1, -0.05) is 17.8 Å². The zero-order valence-corrected chi connectivity index (χ0v) is 10.3. The number of nitrogens with zero attached hydrogens (tertiary/aromatic N) is 3. The van der Waals surface area contributed by atoms with Gasteiger partial charge < -0.3 is 5.73 Å². The Bertz CT molecular complexity index is 685. The van der Waals surface area contributed by atoms with Gasteiger partial charge in [0.05, 0.1) is 17.4 Å². The fraction of sp³-hybridized carbons (Fsp3) is 0. The Morgan fingerprint density at radius 1 is 1.00 bits per heavy atom. The van der Waals surface area contributed by atoms with E-state index in [1.165, 1.54) is 0 Å². The summed E-state index contributed by atoms with van der Waals surface area (Å²) in [5.74, 6) is 0. The van der Waals surface area contributed by atoms with E-state index in [9.17, 15) is 0 Å². The predicted octanol–water partition coefficient (Wildman–Crippen LogP) is 2.76. The summed E-state index contributed by atoms with van der Waals surface area (Å²) in [5.41, 5.74) is 7.43. The smallest absolute Gasteiger partial charge is 0.119 e. The van der Waals surface area contributed by atoms with Crippen LogP contribution in [0.4, 0.5) is 5.69 Å². The van der Waals surface area contributed by atoms with Gasteiger partial charge in [-0.05, 0) is 18.2 Å². The first-order valence-electron chi connectivity index (χ1n) is 5.41. The molecular weight excluding hydrogens is 244 g/mol. The normalized spacial score (nSPS) is 10.7. The highest BCUT2D eigenvalue weighted by Gasteiger charge is 2.06. The van der Waals surface area contributed by atoms with E-state index in [0.717, 1.165) is 20.8 Å². The highest BCUT2D eigenvalue weighted by atomic mass is 32.2. The first-order valence-corrected chi connectivity index (χ1v) is 6.23. The molecule has 0 spiro atoms. The molecule has 18 heavy (non-hydrogen) atoms. The molecule has 0 bridgehead atoms. The summed E-state index contributed by atoms with van der Waals surface area (Å²) in [6.07, 6.45) is 6.82. The molecule has 0 aliphatic rings. The van der Waals surface area contributed by atoms with Crippen LogP contribution in [0.15, 0.2) is 59.0 Å².